The molecule has 4 nitrogen and oxygen atoms in total. The molecule has 1 N–H and O–H groups in total. The number of rotatable bonds is 5. The van der Waals surface area contributed by atoms with E-state index in [-0.39, 0.29) is 5.78 Å². The zero-order valence-corrected chi connectivity index (χ0v) is 11.9. The second-order valence-corrected chi connectivity index (χ2v) is 5.20. The maximum atomic E-state index is 12.4. The Hall–Kier alpha value is -2.46. The van der Waals surface area contributed by atoms with Gasteiger partial charge in [0.2, 0.25) is 0 Å². The van der Waals surface area contributed by atoms with Crippen molar-refractivity contribution in [1.29, 1.82) is 0 Å². The van der Waals surface area contributed by atoms with Crippen molar-refractivity contribution in [2.24, 2.45) is 0 Å². The molecule has 106 valence electrons. The van der Waals surface area contributed by atoms with Gasteiger partial charge < -0.3 is 4.98 Å². The fraction of sp³-hybridized carbons (Fsp3) is 0.176. The number of fused-ring (bicyclic) bond motifs is 1. The number of nitrogens with zero attached hydrogens (tertiary/aromatic N) is 2. The average Bonchev–Trinajstić information content (AvgIpc) is 2.92. The Bertz CT molecular complexity index is 749. The minimum atomic E-state index is 0.124. The minimum Gasteiger partial charge on any atom is -0.360 e. The van der Waals surface area contributed by atoms with Gasteiger partial charge in [0, 0.05) is 41.6 Å². The third-order valence-electron chi connectivity index (χ3n) is 3.48. The molecule has 3 aromatic rings. The van der Waals surface area contributed by atoms with E-state index in [1.165, 1.54) is 0 Å². The lowest BCUT2D eigenvalue weighted by molar-refractivity contribution is 0.0944. The molecule has 0 radical (unpaired) electrons. The number of carbonyl (C=O) groups excluding carboxylic acids is 1. The highest BCUT2D eigenvalue weighted by molar-refractivity contribution is 6.08. The monoisotopic (exact) mass is 279 g/mol. The minimum absolute atomic E-state index is 0.124. The van der Waals surface area contributed by atoms with Gasteiger partial charge in [-0.3, -0.25) is 14.7 Å². The van der Waals surface area contributed by atoms with E-state index in [0.29, 0.717) is 13.1 Å². The number of nitrogens with one attached hydrogen (secondary N) is 1. The predicted molar refractivity (Wildman–Crippen MR) is 83.2 cm³/mol. The molecule has 0 atom stereocenters. The molecule has 0 aliphatic heterocycles. The van der Waals surface area contributed by atoms with Gasteiger partial charge in [0.1, 0.15) is 0 Å². The Labute approximate surface area is 123 Å². The third-order valence-corrected chi connectivity index (χ3v) is 3.48. The molecule has 0 bridgehead atoms. The molecule has 1 aromatic carbocycles. The number of carbonyl (C=O) groups is 1. The quantitative estimate of drug-likeness (QED) is 0.731. The summed E-state index contributed by atoms with van der Waals surface area (Å²) in [4.78, 5) is 21.7. The standard InChI is InChI=1S/C17H17N3O/c1-20(11-13-5-4-8-18-9-13)12-17(21)15-10-19-16-7-3-2-6-14(15)16/h2-10,19H,11-12H2,1H3. The highest BCUT2D eigenvalue weighted by Crippen LogP contribution is 2.18. The lowest BCUT2D eigenvalue weighted by atomic mass is 10.1. The van der Waals surface area contributed by atoms with Gasteiger partial charge in [0.05, 0.1) is 6.54 Å². The zero-order chi connectivity index (χ0) is 14.7. The lowest BCUT2D eigenvalue weighted by Crippen LogP contribution is -2.25. The number of Topliss-reactive ketones (excluding diaryl/α,β-unsaturated/α-hetero) is 1. The van der Waals surface area contributed by atoms with Crippen molar-refractivity contribution in [1.82, 2.24) is 14.9 Å². The molecule has 0 amide bonds. The summed E-state index contributed by atoms with van der Waals surface area (Å²) >= 11 is 0. The summed E-state index contributed by atoms with van der Waals surface area (Å²) in [5.74, 6) is 0.124. The van der Waals surface area contributed by atoms with Crippen LogP contribution in [0.5, 0.6) is 0 Å². The Morgan fingerprint density at radius 1 is 1.24 bits per heavy atom. The molecule has 0 aliphatic carbocycles. The van der Waals surface area contributed by atoms with Crippen LogP contribution in [0.25, 0.3) is 10.9 Å². The second-order valence-electron chi connectivity index (χ2n) is 5.20. The molecule has 0 saturated carbocycles. The molecule has 0 spiro atoms. The van der Waals surface area contributed by atoms with Gasteiger partial charge in [-0.2, -0.15) is 0 Å². The van der Waals surface area contributed by atoms with Gasteiger partial charge in [-0.05, 0) is 24.7 Å². The van der Waals surface area contributed by atoms with Crippen LogP contribution < -0.4 is 0 Å². The van der Waals surface area contributed by atoms with Crippen molar-refractivity contribution in [2.45, 2.75) is 6.54 Å². The molecule has 0 saturated heterocycles. The number of aromatic nitrogens is 2. The van der Waals surface area contributed by atoms with Crippen molar-refractivity contribution in [3.05, 3.63) is 66.1 Å². The van der Waals surface area contributed by atoms with Crippen LogP contribution in [-0.2, 0) is 6.54 Å². The molecule has 4 heteroatoms. The fourth-order valence-electron chi connectivity index (χ4n) is 2.49. The summed E-state index contributed by atoms with van der Waals surface area (Å²) in [6.45, 7) is 1.10. The van der Waals surface area contributed by atoms with Crippen LogP contribution in [-0.4, -0.2) is 34.2 Å². The van der Waals surface area contributed by atoms with E-state index >= 15 is 0 Å². The number of hydrogen-bond acceptors (Lipinski definition) is 3. The molecule has 21 heavy (non-hydrogen) atoms. The zero-order valence-electron chi connectivity index (χ0n) is 11.9. The van der Waals surface area contributed by atoms with E-state index in [0.717, 1.165) is 22.0 Å². The van der Waals surface area contributed by atoms with E-state index in [9.17, 15) is 4.79 Å². The van der Waals surface area contributed by atoms with Crippen molar-refractivity contribution in [3.8, 4) is 0 Å². The fourth-order valence-corrected chi connectivity index (χ4v) is 2.49. The number of pyridine rings is 1. The van der Waals surface area contributed by atoms with E-state index in [1.807, 2.05) is 54.5 Å². The van der Waals surface area contributed by atoms with Crippen LogP contribution in [0.2, 0.25) is 0 Å². The van der Waals surface area contributed by atoms with Gasteiger partial charge in [-0.25, -0.2) is 0 Å². The van der Waals surface area contributed by atoms with Crippen LogP contribution >= 0.6 is 0 Å². The predicted octanol–water partition coefficient (Wildman–Crippen LogP) is 2.88. The van der Waals surface area contributed by atoms with Crippen LogP contribution in [0.3, 0.4) is 0 Å². The Morgan fingerprint density at radius 2 is 2.10 bits per heavy atom. The first-order valence-electron chi connectivity index (χ1n) is 6.91. The van der Waals surface area contributed by atoms with E-state index in [1.54, 1.807) is 12.4 Å². The molecule has 0 fully saturated rings. The number of H-pyrrole nitrogens is 1. The molecule has 3 rings (SSSR count). The Morgan fingerprint density at radius 3 is 2.90 bits per heavy atom. The summed E-state index contributed by atoms with van der Waals surface area (Å²) in [6, 6.07) is 11.8. The first-order chi connectivity index (χ1) is 10.2. The molecule has 0 aliphatic rings. The average molecular weight is 279 g/mol. The summed E-state index contributed by atoms with van der Waals surface area (Å²) in [5.41, 5.74) is 2.85. The molecule has 2 heterocycles. The maximum absolute atomic E-state index is 12.4. The molecule has 0 unspecified atom stereocenters. The van der Waals surface area contributed by atoms with Crippen molar-refractivity contribution < 1.29 is 4.79 Å². The first-order valence-corrected chi connectivity index (χ1v) is 6.91. The van der Waals surface area contributed by atoms with Crippen molar-refractivity contribution >= 4 is 16.7 Å². The van der Waals surface area contributed by atoms with Crippen LogP contribution in [0, 0.1) is 0 Å². The molecular weight excluding hydrogens is 262 g/mol. The van der Waals surface area contributed by atoms with Gasteiger partial charge in [-0.1, -0.05) is 24.3 Å². The van der Waals surface area contributed by atoms with Crippen LogP contribution in [0.4, 0.5) is 0 Å². The molecular formula is C17H17N3O. The van der Waals surface area contributed by atoms with Crippen molar-refractivity contribution in [2.75, 3.05) is 13.6 Å². The highest BCUT2D eigenvalue weighted by atomic mass is 16.1. The van der Waals surface area contributed by atoms with Crippen molar-refractivity contribution in [3.63, 3.8) is 0 Å². The normalized spacial score (nSPS) is 11.1. The second kappa shape index (κ2) is 5.89. The number of benzene rings is 1. The van der Waals surface area contributed by atoms with Gasteiger partial charge in [-0.15, -0.1) is 0 Å². The van der Waals surface area contributed by atoms with Gasteiger partial charge >= 0.3 is 0 Å². The van der Waals surface area contributed by atoms with Crippen LogP contribution in [0.1, 0.15) is 15.9 Å². The van der Waals surface area contributed by atoms with Gasteiger partial charge in [0.15, 0.2) is 5.78 Å². The number of likely N-dealkylation sites (N-methyl/N-ethyl adjacent to an activating group) is 1. The summed E-state index contributed by atoms with van der Waals surface area (Å²) in [5, 5.41) is 0.984. The topological polar surface area (TPSA) is 49.0 Å². The maximum Gasteiger partial charge on any atom is 0.178 e. The summed E-state index contributed by atoms with van der Waals surface area (Å²) in [6.07, 6.45) is 5.37. The number of para-hydroxylation sites is 1. The van der Waals surface area contributed by atoms with Gasteiger partial charge in [0.25, 0.3) is 0 Å². The largest absolute Gasteiger partial charge is 0.360 e. The number of ketones is 1. The SMILES string of the molecule is CN(CC(=O)c1c[nH]c2ccccc12)Cc1cccnc1. The molecule has 2 aromatic heterocycles. The van der Waals surface area contributed by atoms with E-state index in [2.05, 4.69) is 9.97 Å². The smallest absolute Gasteiger partial charge is 0.178 e. The number of hydrogen-bond donors (Lipinski definition) is 1. The highest BCUT2D eigenvalue weighted by Gasteiger charge is 2.14. The Kier molecular flexibility index (Phi) is 3.79. The van der Waals surface area contributed by atoms with E-state index in [4.69, 9.17) is 0 Å². The summed E-state index contributed by atoms with van der Waals surface area (Å²) < 4.78 is 0. The van der Waals surface area contributed by atoms with Crippen LogP contribution in [0.15, 0.2) is 55.0 Å². The summed E-state index contributed by atoms with van der Waals surface area (Å²) in [7, 11) is 1.94. The Balaban J connectivity index is 1.71. The van der Waals surface area contributed by atoms with E-state index < -0.39 is 0 Å². The first kappa shape index (κ1) is 13.5. The lowest BCUT2D eigenvalue weighted by Gasteiger charge is -2.15. The number of aromatic amines is 1. The third kappa shape index (κ3) is 3.01.